The predicted molar refractivity (Wildman–Crippen MR) is 128 cm³/mol. The lowest BCUT2D eigenvalue weighted by atomic mass is 9.94. The van der Waals surface area contributed by atoms with E-state index in [0.29, 0.717) is 16.8 Å². The van der Waals surface area contributed by atoms with E-state index in [4.69, 9.17) is 4.74 Å². The third-order valence-electron chi connectivity index (χ3n) is 5.86. The number of aliphatic hydroxyl groups excluding tert-OH is 1. The monoisotopic (exact) mass is 491 g/mol. The summed E-state index contributed by atoms with van der Waals surface area (Å²) in [6.45, 7) is 0. The quantitative estimate of drug-likeness (QED) is 0.233. The van der Waals surface area contributed by atoms with Crippen molar-refractivity contribution in [3.63, 3.8) is 0 Å². The molecule has 1 saturated heterocycles. The summed E-state index contributed by atoms with van der Waals surface area (Å²) in [6, 6.07) is 14.5. The number of phenolic OH excluding ortho intramolecular Hbond substituents is 1. The van der Waals surface area contributed by atoms with Gasteiger partial charge in [0.15, 0.2) is 0 Å². The molecule has 1 amide bonds. The predicted octanol–water partition coefficient (Wildman–Crippen LogP) is 3.88. The smallest absolute Gasteiger partial charge is 0.309 e. The molecule has 4 rings (SSSR count). The molecule has 0 spiro atoms. The van der Waals surface area contributed by atoms with Crippen LogP contribution in [0.1, 0.15) is 22.7 Å². The van der Waals surface area contributed by atoms with Crippen LogP contribution in [0.3, 0.4) is 0 Å². The molecule has 0 bridgehead atoms. The van der Waals surface area contributed by atoms with E-state index in [1.54, 1.807) is 24.3 Å². The number of carbonyl (C=O) groups excluding carboxylic acids is 3. The number of aliphatic hydroxyl groups is 1. The molecule has 36 heavy (non-hydrogen) atoms. The minimum atomic E-state index is -1.09. The number of halogens is 1. The van der Waals surface area contributed by atoms with Crippen molar-refractivity contribution < 1.29 is 38.5 Å². The minimum Gasteiger partial charge on any atom is -0.508 e. The number of anilines is 1. The van der Waals surface area contributed by atoms with Gasteiger partial charge in [0.1, 0.15) is 23.1 Å². The Bertz CT molecular complexity index is 1360. The summed E-state index contributed by atoms with van der Waals surface area (Å²) in [6.07, 6.45) is 0.0242. The molecule has 3 aromatic rings. The summed E-state index contributed by atoms with van der Waals surface area (Å²) in [5.74, 6) is -3.52. The van der Waals surface area contributed by atoms with Gasteiger partial charge in [-0.3, -0.25) is 19.3 Å². The SMILES string of the molecule is COC(=O)Cc1ccc(N2C(=O)C(=O)/C(=C(/O)c3cc(F)ccc3OC)C2c2ccc(O)cc2)cc1. The Hall–Kier alpha value is -4.66. The Kier molecular flexibility index (Phi) is 6.73. The molecule has 0 aromatic heterocycles. The zero-order chi connectivity index (χ0) is 26.0. The van der Waals surface area contributed by atoms with Crippen molar-refractivity contribution in [2.75, 3.05) is 19.1 Å². The number of Topliss-reactive ketones (excluding diaryl/α,β-unsaturated/α-hetero) is 1. The van der Waals surface area contributed by atoms with Gasteiger partial charge >= 0.3 is 5.97 Å². The average molecular weight is 491 g/mol. The Morgan fingerprint density at radius 1 is 1.00 bits per heavy atom. The number of hydrogen-bond donors (Lipinski definition) is 2. The highest BCUT2D eigenvalue weighted by molar-refractivity contribution is 6.51. The molecule has 1 atom stereocenters. The van der Waals surface area contributed by atoms with Gasteiger partial charge in [-0.25, -0.2) is 4.39 Å². The van der Waals surface area contributed by atoms with Crippen LogP contribution in [0.2, 0.25) is 0 Å². The number of phenols is 1. The number of ketones is 1. The number of rotatable bonds is 6. The fourth-order valence-electron chi connectivity index (χ4n) is 4.09. The van der Waals surface area contributed by atoms with E-state index in [1.165, 1.54) is 49.5 Å². The summed E-state index contributed by atoms with van der Waals surface area (Å²) < 4.78 is 23.9. The highest BCUT2D eigenvalue weighted by Crippen LogP contribution is 2.43. The van der Waals surface area contributed by atoms with Gasteiger partial charge in [0.05, 0.1) is 37.8 Å². The normalized spacial score (nSPS) is 16.8. The van der Waals surface area contributed by atoms with Crippen LogP contribution in [-0.2, 0) is 25.5 Å². The van der Waals surface area contributed by atoms with Gasteiger partial charge in [-0.1, -0.05) is 24.3 Å². The topological polar surface area (TPSA) is 113 Å². The van der Waals surface area contributed by atoms with Crippen molar-refractivity contribution in [2.24, 2.45) is 0 Å². The summed E-state index contributed by atoms with van der Waals surface area (Å²) in [7, 11) is 2.61. The third-order valence-corrected chi connectivity index (χ3v) is 5.86. The zero-order valence-electron chi connectivity index (χ0n) is 19.4. The van der Waals surface area contributed by atoms with E-state index in [0.717, 1.165) is 12.1 Å². The fraction of sp³-hybridized carbons (Fsp3) is 0.148. The number of benzene rings is 3. The number of hydrogen-bond acceptors (Lipinski definition) is 7. The maximum atomic E-state index is 14.1. The molecule has 3 aromatic carbocycles. The molecule has 184 valence electrons. The van der Waals surface area contributed by atoms with E-state index < -0.39 is 35.3 Å². The van der Waals surface area contributed by atoms with Gasteiger partial charge < -0.3 is 19.7 Å². The largest absolute Gasteiger partial charge is 0.508 e. The first-order chi connectivity index (χ1) is 17.2. The average Bonchev–Trinajstić information content (AvgIpc) is 3.14. The first-order valence-corrected chi connectivity index (χ1v) is 10.8. The van der Waals surface area contributed by atoms with Crippen LogP contribution in [0.25, 0.3) is 5.76 Å². The van der Waals surface area contributed by atoms with E-state index in [1.807, 2.05) is 0 Å². The molecule has 0 radical (unpaired) electrons. The molecule has 2 N–H and O–H groups in total. The number of methoxy groups -OCH3 is 2. The Morgan fingerprint density at radius 3 is 2.28 bits per heavy atom. The fourth-order valence-corrected chi connectivity index (χ4v) is 4.09. The molecule has 1 heterocycles. The van der Waals surface area contributed by atoms with E-state index in [-0.39, 0.29) is 29.1 Å². The van der Waals surface area contributed by atoms with Crippen LogP contribution >= 0.6 is 0 Å². The van der Waals surface area contributed by atoms with Gasteiger partial charge in [0, 0.05) is 5.69 Å². The highest BCUT2D eigenvalue weighted by atomic mass is 19.1. The molecule has 1 fully saturated rings. The van der Waals surface area contributed by atoms with Crippen molar-refractivity contribution in [3.8, 4) is 11.5 Å². The number of aromatic hydroxyl groups is 1. The highest BCUT2D eigenvalue weighted by Gasteiger charge is 2.47. The van der Waals surface area contributed by atoms with Crippen LogP contribution in [-0.4, -0.2) is 42.1 Å². The molecular formula is C27H22FNO7. The van der Waals surface area contributed by atoms with Crippen molar-refractivity contribution in [1.82, 2.24) is 0 Å². The molecular weight excluding hydrogens is 469 g/mol. The van der Waals surface area contributed by atoms with Crippen LogP contribution in [0.4, 0.5) is 10.1 Å². The van der Waals surface area contributed by atoms with Crippen LogP contribution in [0.15, 0.2) is 72.3 Å². The first kappa shape index (κ1) is 24.5. The van der Waals surface area contributed by atoms with Crippen LogP contribution in [0.5, 0.6) is 11.5 Å². The van der Waals surface area contributed by atoms with Gasteiger partial charge in [0.2, 0.25) is 0 Å². The van der Waals surface area contributed by atoms with Gasteiger partial charge in [-0.2, -0.15) is 0 Å². The van der Waals surface area contributed by atoms with Crippen molar-refractivity contribution in [1.29, 1.82) is 0 Å². The number of ether oxygens (including phenoxy) is 2. The molecule has 0 saturated carbocycles. The Balaban J connectivity index is 1.88. The summed E-state index contributed by atoms with van der Waals surface area (Å²) in [4.78, 5) is 39.3. The number of amides is 1. The lowest BCUT2D eigenvalue weighted by molar-refractivity contribution is -0.139. The number of carbonyl (C=O) groups is 3. The second-order valence-electron chi connectivity index (χ2n) is 8.02. The minimum absolute atomic E-state index is 0.0242. The van der Waals surface area contributed by atoms with E-state index in [2.05, 4.69) is 4.74 Å². The molecule has 9 heteroatoms. The Labute approximate surface area is 205 Å². The first-order valence-electron chi connectivity index (χ1n) is 10.8. The molecule has 1 aliphatic heterocycles. The van der Waals surface area contributed by atoms with Gasteiger partial charge in [-0.05, 0) is 53.6 Å². The summed E-state index contributed by atoms with van der Waals surface area (Å²) >= 11 is 0. The van der Waals surface area contributed by atoms with Crippen LogP contribution < -0.4 is 9.64 Å². The van der Waals surface area contributed by atoms with Crippen molar-refractivity contribution in [2.45, 2.75) is 12.5 Å². The van der Waals surface area contributed by atoms with Crippen molar-refractivity contribution >= 4 is 29.1 Å². The summed E-state index contributed by atoms with van der Waals surface area (Å²) in [5.41, 5.74) is 1.02. The van der Waals surface area contributed by atoms with E-state index >= 15 is 0 Å². The number of esters is 1. The maximum absolute atomic E-state index is 14.1. The lowest BCUT2D eigenvalue weighted by Crippen LogP contribution is -2.29. The van der Waals surface area contributed by atoms with Gasteiger partial charge in [-0.15, -0.1) is 0 Å². The molecule has 0 aliphatic carbocycles. The molecule has 8 nitrogen and oxygen atoms in total. The molecule has 1 aliphatic rings. The standard InChI is InChI=1S/C27H22FNO7/c1-35-21-12-7-17(28)14-20(21)25(32)23-24(16-5-10-19(30)11-6-16)29(27(34)26(23)33)18-8-3-15(4-9-18)13-22(31)36-2/h3-12,14,24,30,32H,13H2,1-2H3/b25-23+. The van der Waals surface area contributed by atoms with Crippen molar-refractivity contribution in [3.05, 3.63) is 94.8 Å². The Morgan fingerprint density at radius 2 is 1.67 bits per heavy atom. The third kappa shape index (κ3) is 4.50. The second kappa shape index (κ2) is 9.91. The summed E-state index contributed by atoms with van der Waals surface area (Å²) in [5, 5.41) is 21.0. The van der Waals surface area contributed by atoms with E-state index in [9.17, 15) is 29.0 Å². The molecule has 1 unspecified atom stereocenters. The zero-order valence-corrected chi connectivity index (χ0v) is 19.4. The maximum Gasteiger partial charge on any atom is 0.309 e. The lowest BCUT2D eigenvalue weighted by Gasteiger charge is -2.25. The number of nitrogens with zero attached hydrogens (tertiary/aromatic N) is 1. The van der Waals surface area contributed by atoms with Gasteiger partial charge in [0.25, 0.3) is 11.7 Å². The van der Waals surface area contributed by atoms with Crippen LogP contribution in [0, 0.1) is 5.82 Å². The second-order valence-corrected chi connectivity index (χ2v) is 8.02.